The predicted octanol–water partition coefficient (Wildman–Crippen LogP) is 4.82. The average molecular weight is 501 g/mol. The van der Waals surface area contributed by atoms with Crippen LogP contribution in [0.5, 0.6) is 11.5 Å². The number of carbonyl (C=O) groups excluding carboxylic acids is 1. The summed E-state index contributed by atoms with van der Waals surface area (Å²) in [7, 11) is 1.57. The topological polar surface area (TPSA) is 70.3 Å². The molecule has 0 N–H and O–H groups in total. The lowest BCUT2D eigenvalue weighted by atomic mass is 10.1. The van der Waals surface area contributed by atoms with Gasteiger partial charge in [0.05, 0.1) is 13.4 Å². The highest BCUT2D eigenvalue weighted by atomic mass is 127. The Balaban J connectivity index is 1.54. The molecule has 0 saturated heterocycles. The molecule has 1 aromatic heterocycles. The van der Waals surface area contributed by atoms with E-state index in [1.807, 2.05) is 30.3 Å². The molecule has 0 atom stereocenters. The Labute approximate surface area is 180 Å². The van der Waals surface area contributed by atoms with Gasteiger partial charge in [0, 0.05) is 9.13 Å². The van der Waals surface area contributed by atoms with E-state index < -0.39 is 5.97 Å². The van der Waals surface area contributed by atoms with Crippen LogP contribution in [0.2, 0.25) is 0 Å². The summed E-state index contributed by atoms with van der Waals surface area (Å²) in [5.41, 5.74) is 2.01. The van der Waals surface area contributed by atoms with Crippen molar-refractivity contribution in [3.8, 4) is 11.5 Å². The highest BCUT2D eigenvalue weighted by Crippen LogP contribution is 2.31. The van der Waals surface area contributed by atoms with E-state index in [0.29, 0.717) is 23.9 Å². The van der Waals surface area contributed by atoms with Crippen molar-refractivity contribution < 1.29 is 23.4 Å². The molecule has 2 aromatic carbocycles. The number of nitrogens with zero attached hydrogens (tertiary/aromatic N) is 1. The molecule has 0 saturated carbocycles. The zero-order valence-corrected chi connectivity index (χ0v) is 17.6. The normalized spacial score (nSPS) is 14.6. The molecule has 2 heterocycles. The summed E-state index contributed by atoms with van der Waals surface area (Å²) in [6.45, 7) is 0.430. The third-order valence-electron chi connectivity index (χ3n) is 4.18. The van der Waals surface area contributed by atoms with Crippen LogP contribution in [0.15, 0.2) is 76.0 Å². The van der Waals surface area contributed by atoms with E-state index in [1.165, 1.54) is 6.26 Å². The zero-order valence-electron chi connectivity index (χ0n) is 15.4. The second-order valence-electron chi connectivity index (χ2n) is 6.10. The van der Waals surface area contributed by atoms with Gasteiger partial charge in [-0.05, 0) is 64.6 Å². The van der Waals surface area contributed by atoms with Crippen molar-refractivity contribution in [1.29, 1.82) is 0 Å². The number of carbonyl (C=O) groups is 1. The smallest absolute Gasteiger partial charge is 0.363 e. The first-order valence-corrected chi connectivity index (χ1v) is 9.82. The molecule has 0 fully saturated rings. The monoisotopic (exact) mass is 501 g/mol. The summed E-state index contributed by atoms with van der Waals surface area (Å²) in [5.74, 6) is 1.19. The molecule has 1 aliphatic heterocycles. The van der Waals surface area contributed by atoms with Crippen LogP contribution in [0, 0.1) is 3.57 Å². The molecule has 0 radical (unpaired) electrons. The summed E-state index contributed by atoms with van der Waals surface area (Å²) in [4.78, 5) is 16.3. The fourth-order valence-electron chi connectivity index (χ4n) is 2.74. The first-order valence-electron chi connectivity index (χ1n) is 8.75. The Morgan fingerprint density at radius 2 is 1.97 bits per heavy atom. The van der Waals surface area contributed by atoms with E-state index in [-0.39, 0.29) is 11.6 Å². The van der Waals surface area contributed by atoms with Crippen LogP contribution in [-0.2, 0) is 16.1 Å². The van der Waals surface area contributed by atoms with Gasteiger partial charge in [0.15, 0.2) is 23.0 Å². The van der Waals surface area contributed by atoms with Gasteiger partial charge in [0.25, 0.3) is 5.90 Å². The third-order valence-corrected chi connectivity index (χ3v) is 5.24. The van der Waals surface area contributed by atoms with Crippen LogP contribution < -0.4 is 9.47 Å². The Morgan fingerprint density at radius 1 is 1.10 bits per heavy atom. The molecule has 4 rings (SSSR count). The standard InChI is InChI=1S/C22H16INO5/c1-26-20-12-14(8-9-18(20)28-13-15-5-2-3-6-16(15)23)11-17-22(25)29-21(24-17)19-7-4-10-27-19/h2-12H,13H2,1H3/b17-11-. The lowest BCUT2D eigenvalue weighted by Gasteiger charge is -2.12. The van der Waals surface area contributed by atoms with E-state index in [2.05, 4.69) is 27.6 Å². The number of methoxy groups -OCH3 is 1. The number of furan rings is 1. The van der Waals surface area contributed by atoms with Crippen molar-refractivity contribution >= 4 is 40.5 Å². The van der Waals surface area contributed by atoms with Crippen molar-refractivity contribution in [1.82, 2.24) is 0 Å². The summed E-state index contributed by atoms with van der Waals surface area (Å²) in [5, 5.41) is 0. The number of cyclic esters (lactones) is 1. The molecular formula is C22H16INO5. The summed E-state index contributed by atoms with van der Waals surface area (Å²) in [6, 6.07) is 16.8. The van der Waals surface area contributed by atoms with Gasteiger partial charge in [-0.2, -0.15) is 0 Å². The fourth-order valence-corrected chi connectivity index (χ4v) is 3.28. The molecule has 0 bridgehead atoms. The second kappa shape index (κ2) is 8.52. The second-order valence-corrected chi connectivity index (χ2v) is 7.27. The van der Waals surface area contributed by atoms with Gasteiger partial charge in [-0.1, -0.05) is 24.3 Å². The minimum atomic E-state index is -0.533. The van der Waals surface area contributed by atoms with Crippen molar-refractivity contribution in [2.75, 3.05) is 7.11 Å². The molecule has 0 amide bonds. The Kier molecular flexibility index (Phi) is 5.66. The number of benzene rings is 2. The van der Waals surface area contributed by atoms with Crippen LogP contribution in [0.3, 0.4) is 0 Å². The van der Waals surface area contributed by atoms with E-state index in [9.17, 15) is 4.79 Å². The molecule has 3 aromatic rings. The maximum atomic E-state index is 12.1. The number of esters is 1. The largest absolute Gasteiger partial charge is 0.493 e. The summed E-state index contributed by atoms with van der Waals surface area (Å²) >= 11 is 2.28. The van der Waals surface area contributed by atoms with Gasteiger partial charge in [-0.15, -0.1) is 0 Å². The molecule has 7 heteroatoms. The lowest BCUT2D eigenvalue weighted by Crippen LogP contribution is -2.04. The van der Waals surface area contributed by atoms with Crippen LogP contribution in [-0.4, -0.2) is 19.0 Å². The highest BCUT2D eigenvalue weighted by molar-refractivity contribution is 14.1. The molecule has 6 nitrogen and oxygen atoms in total. The molecule has 0 aliphatic carbocycles. The Hall–Kier alpha value is -3.07. The van der Waals surface area contributed by atoms with Crippen molar-refractivity contribution in [3.05, 3.63) is 87.0 Å². The molecular weight excluding hydrogens is 485 g/mol. The molecule has 1 aliphatic rings. The van der Waals surface area contributed by atoms with E-state index in [4.69, 9.17) is 18.6 Å². The maximum Gasteiger partial charge on any atom is 0.363 e. The van der Waals surface area contributed by atoms with Crippen LogP contribution in [0.4, 0.5) is 0 Å². The fraction of sp³-hybridized carbons (Fsp3) is 0.0909. The van der Waals surface area contributed by atoms with Crippen molar-refractivity contribution in [2.45, 2.75) is 6.61 Å². The number of aliphatic imine (C=N–C) groups is 1. The number of ether oxygens (including phenoxy) is 3. The number of halogens is 1. The van der Waals surface area contributed by atoms with Crippen molar-refractivity contribution in [2.24, 2.45) is 4.99 Å². The number of hydrogen-bond donors (Lipinski definition) is 0. The third kappa shape index (κ3) is 4.34. The quantitative estimate of drug-likeness (QED) is 0.275. The molecule has 29 heavy (non-hydrogen) atoms. The van der Waals surface area contributed by atoms with Gasteiger partial charge in [0.2, 0.25) is 0 Å². The van der Waals surface area contributed by atoms with Crippen molar-refractivity contribution in [3.63, 3.8) is 0 Å². The summed E-state index contributed by atoms with van der Waals surface area (Å²) in [6.07, 6.45) is 3.12. The van der Waals surface area contributed by atoms with Gasteiger partial charge >= 0.3 is 5.97 Å². The van der Waals surface area contributed by atoms with Crippen LogP contribution in [0.1, 0.15) is 16.9 Å². The van der Waals surface area contributed by atoms with Crippen LogP contribution >= 0.6 is 22.6 Å². The van der Waals surface area contributed by atoms with Gasteiger partial charge in [-0.3, -0.25) is 0 Å². The number of hydrogen-bond acceptors (Lipinski definition) is 6. The van der Waals surface area contributed by atoms with E-state index >= 15 is 0 Å². The minimum Gasteiger partial charge on any atom is -0.493 e. The van der Waals surface area contributed by atoms with E-state index in [1.54, 1.807) is 37.5 Å². The first kappa shape index (κ1) is 19.3. The van der Waals surface area contributed by atoms with Gasteiger partial charge < -0.3 is 18.6 Å². The Bertz CT molecular complexity index is 1100. The average Bonchev–Trinajstić information content (AvgIpc) is 3.38. The SMILES string of the molecule is COc1cc(/C=C2\N=C(c3ccco3)OC2=O)ccc1OCc1ccccc1I. The highest BCUT2D eigenvalue weighted by Gasteiger charge is 2.25. The van der Waals surface area contributed by atoms with Gasteiger partial charge in [0.1, 0.15) is 6.61 Å². The van der Waals surface area contributed by atoms with E-state index in [0.717, 1.165) is 14.7 Å². The lowest BCUT2D eigenvalue weighted by molar-refractivity contribution is -0.130. The summed E-state index contributed by atoms with van der Waals surface area (Å²) < 4.78 is 22.9. The predicted molar refractivity (Wildman–Crippen MR) is 116 cm³/mol. The zero-order chi connectivity index (χ0) is 20.2. The minimum absolute atomic E-state index is 0.149. The molecule has 0 unspecified atom stereocenters. The Morgan fingerprint density at radius 3 is 2.72 bits per heavy atom. The molecule has 0 spiro atoms. The first-order chi connectivity index (χ1) is 14.1. The number of rotatable bonds is 6. The molecule has 146 valence electrons. The van der Waals surface area contributed by atoms with Gasteiger partial charge in [-0.25, -0.2) is 9.79 Å². The van der Waals surface area contributed by atoms with Crippen LogP contribution in [0.25, 0.3) is 6.08 Å². The maximum absolute atomic E-state index is 12.1.